The molecule has 0 aliphatic heterocycles. The van der Waals surface area contributed by atoms with Crippen LogP contribution in [0.3, 0.4) is 0 Å². The predicted molar refractivity (Wildman–Crippen MR) is 40.1 cm³/mol. The van der Waals surface area contributed by atoms with Crippen LogP contribution in [0, 0.1) is 22.7 Å². The molecule has 1 aliphatic carbocycles. The highest BCUT2D eigenvalue weighted by molar-refractivity contribution is 5.34. The molecule has 0 bridgehead atoms. The number of nitriles is 2. The SMILES string of the molecule is N#CC(C#N)=CNC1CCC1. The second-order valence-corrected chi connectivity index (χ2v) is 2.58. The molecule has 0 heterocycles. The molecular formula is C8H9N3. The maximum atomic E-state index is 8.35. The van der Waals surface area contributed by atoms with Gasteiger partial charge >= 0.3 is 0 Å². The van der Waals surface area contributed by atoms with Gasteiger partial charge in [-0.05, 0) is 19.3 Å². The fourth-order valence-corrected chi connectivity index (χ4v) is 0.866. The number of allylic oxidation sites excluding steroid dienone is 1. The summed E-state index contributed by atoms with van der Waals surface area (Å²) in [6.07, 6.45) is 5.06. The molecule has 0 aromatic carbocycles. The maximum absolute atomic E-state index is 8.35. The summed E-state index contributed by atoms with van der Waals surface area (Å²) in [6.45, 7) is 0. The van der Waals surface area contributed by atoms with Crippen molar-refractivity contribution in [3.8, 4) is 12.1 Å². The molecule has 0 aromatic rings. The van der Waals surface area contributed by atoms with Gasteiger partial charge in [-0.25, -0.2) is 0 Å². The fraction of sp³-hybridized carbons (Fsp3) is 0.500. The van der Waals surface area contributed by atoms with Crippen LogP contribution in [0.1, 0.15) is 19.3 Å². The number of hydrogen-bond donors (Lipinski definition) is 1. The summed E-state index contributed by atoms with van der Waals surface area (Å²) in [5, 5.41) is 19.7. The van der Waals surface area contributed by atoms with E-state index < -0.39 is 0 Å². The Morgan fingerprint density at radius 1 is 1.36 bits per heavy atom. The van der Waals surface area contributed by atoms with Crippen LogP contribution < -0.4 is 5.32 Å². The third-order valence-corrected chi connectivity index (χ3v) is 1.81. The largest absolute Gasteiger partial charge is 0.387 e. The highest BCUT2D eigenvalue weighted by Gasteiger charge is 2.14. The highest BCUT2D eigenvalue weighted by Crippen LogP contribution is 2.17. The maximum Gasteiger partial charge on any atom is 0.145 e. The molecular weight excluding hydrogens is 138 g/mol. The monoisotopic (exact) mass is 147 g/mol. The van der Waals surface area contributed by atoms with E-state index in [0.717, 1.165) is 12.8 Å². The quantitative estimate of drug-likeness (QED) is 0.594. The zero-order valence-electron chi connectivity index (χ0n) is 6.17. The first kappa shape index (κ1) is 7.63. The van der Waals surface area contributed by atoms with Gasteiger partial charge in [0.05, 0.1) is 0 Å². The van der Waals surface area contributed by atoms with Crippen molar-refractivity contribution in [2.45, 2.75) is 25.3 Å². The van der Waals surface area contributed by atoms with Crippen molar-refractivity contribution in [1.29, 1.82) is 10.5 Å². The Morgan fingerprint density at radius 3 is 2.36 bits per heavy atom. The van der Waals surface area contributed by atoms with Gasteiger partial charge in [-0.1, -0.05) is 0 Å². The summed E-state index contributed by atoms with van der Waals surface area (Å²) in [6, 6.07) is 4.08. The van der Waals surface area contributed by atoms with Gasteiger partial charge in [0.2, 0.25) is 0 Å². The van der Waals surface area contributed by atoms with Crippen LogP contribution in [-0.4, -0.2) is 6.04 Å². The number of nitrogens with zero attached hydrogens (tertiary/aromatic N) is 2. The predicted octanol–water partition coefficient (Wildman–Crippen LogP) is 1.06. The average Bonchev–Trinajstić information content (AvgIpc) is 1.95. The Kier molecular flexibility index (Phi) is 2.52. The molecule has 0 unspecified atom stereocenters. The fourth-order valence-electron chi connectivity index (χ4n) is 0.866. The van der Waals surface area contributed by atoms with E-state index in [1.807, 2.05) is 0 Å². The number of nitrogens with one attached hydrogen (secondary N) is 1. The Morgan fingerprint density at radius 2 is 2.00 bits per heavy atom. The van der Waals surface area contributed by atoms with Crippen LogP contribution in [0.5, 0.6) is 0 Å². The van der Waals surface area contributed by atoms with Crippen molar-refractivity contribution in [2.75, 3.05) is 0 Å². The van der Waals surface area contributed by atoms with Crippen LogP contribution >= 0.6 is 0 Å². The van der Waals surface area contributed by atoms with E-state index in [1.54, 1.807) is 12.1 Å². The van der Waals surface area contributed by atoms with Crippen molar-refractivity contribution >= 4 is 0 Å². The van der Waals surface area contributed by atoms with Gasteiger partial charge in [-0.3, -0.25) is 0 Å². The average molecular weight is 147 g/mol. The first-order valence-corrected chi connectivity index (χ1v) is 3.63. The molecule has 11 heavy (non-hydrogen) atoms. The summed E-state index contributed by atoms with van der Waals surface area (Å²) < 4.78 is 0. The van der Waals surface area contributed by atoms with E-state index in [9.17, 15) is 0 Å². The minimum absolute atomic E-state index is 0.150. The molecule has 0 radical (unpaired) electrons. The van der Waals surface area contributed by atoms with Crippen LogP contribution in [0.25, 0.3) is 0 Å². The topological polar surface area (TPSA) is 59.6 Å². The van der Waals surface area contributed by atoms with Crippen molar-refractivity contribution in [3.63, 3.8) is 0 Å². The lowest BCUT2D eigenvalue weighted by atomic mass is 9.93. The standard InChI is InChI=1S/C8H9N3/c9-4-7(5-10)6-11-8-2-1-3-8/h6,8,11H,1-3H2. The molecule has 1 fully saturated rings. The minimum atomic E-state index is 0.150. The van der Waals surface area contributed by atoms with Gasteiger partial charge in [-0.15, -0.1) is 0 Å². The highest BCUT2D eigenvalue weighted by atomic mass is 14.9. The molecule has 0 amide bonds. The molecule has 3 heteroatoms. The van der Waals surface area contributed by atoms with Gasteiger partial charge in [0.15, 0.2) is 0 Å². The molecule has 0 saturated heterocycles. The van der Waals surface area contributed by atoms with E-state index in [1.165, 1.54) is 12.6 Å². The smallest absolute Gasteiger partial charge is 0.145 e. The van der Waals surface area contributed by atoms with Gasteiger partial charge in [-0.2, -0.15) is 10.5 Å². The van der Waals surface area contributed by atoms with Crippen LogP contribution in [-0.2, 0) is 0 Å². The summed E-state index contributed by atoms with van der Waals surface area (Å²) >= 11 is 0. The molecule has 0 atom stereocenters. The Labute approximate surface area is 65.9 Å². The Hall–Kier alpha value is -1.48. The normalized spacial score (nSPS) is 15.5. The lowest BCUT2D eigenvalue weighted by Crippen LogP contribution is -2.31. The number of hydrogen-bond acceptors (Lipinski definition) is 3. The molecule has 0 aromatic heterocycles. The molecule has 1 saturated carbocycles. The lowest BCUT2D eigenvalue weighted by molar-refractivity contribution is 0.372. The van der Waals surface area contributed by atoms with Gasteiger partial charge in [0, 0.05) is 12.2 Å². The van der Waals surface area contributed by atoms with Gasteiger partial charge in [0.1, 0.15) is 17.7 Å². The first-order valence-electron chi connectivity index (χ1n) is 3.63. The Bertz CT molecular complexity index is 221. The van der Waals surface area contributed by atoms with E-state index in [-0.39, 0.29) is 5.57 Å². The van der Waals surface area contributed by atoms with E-state index in [0.29, 0.717) is 6.04 Å². The van der Waals surface area contributed by atoms with Crippen molar-refractivity contribution in [2.24, 2.45) is 0 Å². The van der Waals surface area contributed by atoms with Crippen LogP contribution in [0.15, 0.2) is 11.8 Å². The van der Waals surface area contributed by atoms with Crippen molar-refractivity contribution < 1.29 is 0 Å². The van der Waals surface area contributed by atoms with Crippen LogP contribution in [0.2, 0.25) is 0 Å². The summed E-state index contributed by atoms with van der Waals surface area (Å²) in [5.41, 5.74) is 0.150. The molecule has 1 N–H and O–H groups in total. The molecule has 1 aliphatic rings. The summed E-state index contributed by atoms with van der Waals surface area (Å²) in [7, 11) is 0. The second kappa shape index (κ2) is 3.63. The first-order chi connectivity index (χ1) is 5.36. The van der Waals surface area contributed by atoms with E-state index in [4.69, 9.17) is 10.5 Å². The Balaban J connectivity index is 2.34. The lowest BCUT2D eigenvalue weighted by Gasteiger charge is -2.25. The zero-order valence-corrected chi connectivity index (χ0v) is 6.17. The third kappa shape index (κ3) is 1.98. The minimum Gasteiger partial charge on any atom is -0.387 e. The number of rotatable bonds is 2. The van der Waals surface area contributed by atoms with Crippen molar-refractivity contribution in [1.82, 2.24) is 5.32 Å². The van der Waals surface area contributed by atoms with E-state index >= 15 is 0 Å². The van der Waals surface area contributed by atoms with Gasteiger partial charge < -0.3 is 5.32 Å². The zero-order chi connectivity index (χ0) is 8.10. The van der Waals surface area contributed by atoms with Crippen LogP contribution in [0.4, 0.5) is 0 Å². The molecule has 0 spiro atoms. The molecule has 56 valence electrons. The van der Waals surface area contributed by atoms with Crippen molar-refractivity contribution in [3.05, 3.63) is 11.8 Å². The third-order valence-electron chi connectivity index (χ3n) is 1.81. The summed E-state index contributed by atoms with van der Waals surface area (Å²) in [4.78, 5) is 0. The van der Waals surface area contributed by atoms with E-state index in [2.05, 4.69) is 5.32 Å². The molecule has 1 rings (SSSR count). The second-order valence-electron chi connectivity index (χ2n) is 2.58. The van der Waals surface area contributed by atoms with Gasteiger partial charge in [0.25, 0.3) is 0 Å². The molecule has 3 nitrogen and oxygen atoms in total. The summed E-state index contributed by atoms with van der Waals surface area (Å²) in [5.74, 6) is 0.